The van der Waals surface area contributed by atoms with Crippen LogP contribution in [0.25, 0.3) is 16.8 Å². The van der Waals surface area contributed by atoms with Crippen LogP contribution in [0.4, 0.5) is 0 Å². The summed E-state index contributed by atoms with van der Waals surface area (Å²) in [6.07, 6.45) is 2.39. The molecule has 4 heteroatoms. The summed E-state index contributed by atoms with van der Waals surface area (Å²) in [5.74, 6) is 0.914. The molecule has 1 heterocycles. The number of carbonyl (C=O) groups excluding carboxylic acids is 1. The molecule has 0 radical (unpaired) electrons. The highest BCUT2D eigenvalue weighted by Crippen LogP contribution is 2.37. The molecule has 0 amide bonds. The second-order valence-corrected chi connectivity index (χ2v) is 4.11. The van der Waals surface area contributed by atoms with Crippen LogP contribution in [0.5, 0.6) is 11.6 Å². The van der Waals surface area contributed by atoms with E-state index in [1.165, 1.54) is 7.11 Å². The van der Waals surface area contributed by atoms with Gasteiger partial charge in [0.2, 0.25) is 5.88 Å². The number of aromatic nitrogens is 1. The van der Waals surface area contributed by atoms with Gasteiger partial charge in [0, 0.05) is 5.69 Å². The quantitative estimate of drug-likeness (QED) is 0.790. The number of fused-ring (bicyclic) bond motifs is 1. The topological polar surface area (TPSA) is 48.4 Å². The number of hydrogen-bond acceptors (Lipinski definition) is 4. The molecule has 0 aliphatic rings. The Hall–Kier alpha value is -2.36. The number of pyridine rings is 1. The first-order chi connectivity index (χ1) is 9.15. The molecule has 0 saturated carbocycles. The molecule has 98 valence electrons. The zero-order chi connectivity index (χ0) is 14.0. The standard InChI is InChI=1S/C15H15NO3/c1-5-10-7-11-6-9(2)16-15(19-4)13(11)14(18-3)12(10)8-17/h5-8H,1H2,2-4H3. The third kappa shape index (κ3) is 2.05. The smallest absolute Gasteiger partial charge is 0.225 e. The Morgan fingerprint density at radius 1 is 1.26 bits per heavy atom. The van der Waals surface area contributed by atoms with Crippen LogP contribution in [0.3, 0.4) is 0 Å². The largest absolute Gasteiger partial charge is 0.495 e. The van der Waals surface area contributed by atoms with Gasteiger partial charge in [-0.1, -0.05) is 12.7 Å². The fraction of sp³-hybridized carbons (Fsp3) is 0.200. The van der Waals surface area contributed by atoms with Crippen LogP contribution in [0.15, 0.2) is 18.7 Å². The number of hydrogen-bond donors (Lipinski definition) is 0. The zero-order valence-electron chi connectivity index (χ0n) is 11.2. The fourth-order valence-corrected chi connectivity index (χ4v) is 2.17. The van der Waals surface area contributed by atoms with Gasteiger partial charge in [-0.3, -0.25) is 4.79 Å². The molecule has 19 heavy (non-hydrogen) atoms. The van der Waals surface area contributed by atoms with Gasteiger partial charge >= 0.3 is 0 Å². The van der Waals surface area contributed by atoms with Gasteiger partial charge in [0.25, 0.3) is 0 Å². The summed E-state index contributed by atoms with van der Waals surface area (Å²) < 4.78 is 10.7. The Bertz CT molecular complexity index is 662. The first kappa shape index (κ1) is 13.1. The Labute approximate surface area is 111 Å². The van der Waals surface area contributed by atoms with E-state index in [0.717, 1.165) is 22.9 Å². The van der Waals surface area contributed by atoms with Crippen molar-refractivity contribution in [2.45, 2.75) is 6.92 Å². The van der Waals surface area contributed by atoms with E-state index >= 15 is 0 Å². The molecular formula is C15H15NO3. The van der Waals surface area contributed by atoms with Gasteiger partial charge < -0.3 is 9.47 Å². The summed E-state index contributed by atoms with van der Waals surface area (Å²) in [6.45, 7) is 5.61. The lowest BCUT2D eigenvalue weighted by atomic mass is 10.0. The highest BCUT2D eigenvalue weighted by molar-refractivity contribution is 6.02. The minimum atomic E-state index is 0.450. The Morgan fingerprint density at radius 2 is 2.00 bits per heavy atom. The van der Waals surface area contributed by atoms with Crippen LogP contribution >= 0.6 is 0 Å². The Kier molecular flexibility index (Phi) is 3.51. The molecule has 2 aromatic rings. The summed E-state index contributed by atoms with van der Waals surface area (Å²) >= 11 is 0. The van der Waals surface area contributed by atoms with E-state index in [-0.39, 0.29) is 0 Å². The molecule has 2 rings (SSSR count). The second-order valence-electron chi connectivity index (χ2n) is 4.11. The van der Waals surface area contributed by atoms with Crippen molar-refractivity contribution >= 4 is 23.1 Å². The molecule has 0 saturated heterocycles. The van der Waals surface area contributed by atoms with E-state index in [0.29, 0.717) is 22.6 Å². The minimum Gasteiger partial charge on any atom is -0.495 e. The van der Waals surface area contributed by atoms with Crippen molar-refractivity contribution in [2.75, 3.05) is 14.2 Å². The SMILES string of the molecule is C=Cc1cc2cc(C)nc(OC)c2c(OC)c1C=O. The van der Waals surface area contributed by atoms with Crippen LogP contribution in [-0.2, 0) is 0 Å². The van der Waals surface area contributed by atoms with Gasteiger partial charge in [-0.2, -0.15) is 0 Å². The van der Waals surface area contributed by atoms with Gasteiger partial charge in [0.1, 0.15) is 5.75 Å². The number of nitrogens with zero attached hydrogens (tertiary/aromatic N) is 1. The number of carbonyl (C=O) groups is 1. The Balaban J connectivity index is 3.01. The lowest BCUT2D eigenvalue weighted by molar-refractivity contribution is 0.112. The van der Waals surface area contributed by atoms with Crippen LogP contribution in [0.1, 0.15) is 21.6 Å². The van der Waals surface area contributed by atoms with E-state index in [4.69, 9.17) is 9.47 Å². The third-order valence-corrected chi connectivity index (χ3v) is 2.97. The van der Waals surface area contributed by atoms with Crippen LogP contribution in [0, 0.1) is 6.92 Å². The van der Waals surface area contributed by atoms with Crippen LogP contribution in [0.2, 0.25) is 0 Å². The predicted octanol–water partition coefficient (Wildman–Crippen LogP) is 3.02. The van der Waals surface area contributed by atoms with Crippen molar-refractivity contribution in [2.24, 2.45) is 0 Å². The van der Waals surface area contributed by atoms with Gasteiger partial charge in [0.15, 0.2) is 6.29 Å². The molecule has 0 spiro atoms. The molecule has 0 unspecified atom stereocenters. The summed E-state index contributed by atoms with van der Waals surface area (Å²) in [5.41, 5.74) is 2.02. The zero-order valence-corrected chi connectivity index (χ0v) is 11.2. The minimum absolute atomic E-state index is 0.450. The Morgan fingerprint density at radius 3 is 2.53 bits per heavy atom. The lowest BCUT2D eigenvalue weighted by Crippen LogP contribution is -1.99. The highest BCUT2D eigenvalue weighted by Gasteiger charge is 2.17. The highest BCUT2D eigenvalue weighted by atomic mass is 16.5. The second kappa shape index (κ2) is 5.10. The van der Waals surface area contributed by atoms with Gasteiger partial charge in [-0.15, -0.1) is 0 Å². The lowest BCUT2D eigenvalue weighted by Gasteiger charge is -2.14. The van der Waals surface area contributed by atoms with E-state index in [1.54, 1.807) is 13.2 Å². The van der Waals surface area contributed by atoms with Crippen LogP contribution in [-0.4, -0.2) is 25.5 Å². The molecule has 1 aromatic carbocycles. The summed E-state index contributed by atoms with van der Waals surface area (Å²) in [5, 5.41) is 1.60. The fourth-order valence-electron chi connectivity index (χ4n) is 2.17. The van der Waals surface area contributed by atoms with Crippen molar-refractivity contribution in [1.29, 1.82) is 0 Å². The predicted molar refractivity (Wildman–Crippen MR) is 75.1 cm³/mol. The molecule has 0 aliphatic carbocycles. The third-order valence-electron chi connectivity index (χ3n) is 2.97. The van der Waals surface area contributed by atoms with Crippen molar-refractivity contribution < 1.29 is 14.3 Å². The maximum Gasteiger partial charge on any atom is 0.225 e. The number of ether oxygens (including phenoxy) is 2. The summed E-state index contributed by atoms with van der Waals surface area (Å²) in [7, 11) is 3.07. The maximum atomic E-state index is 11.3. The number of methoxy groups -OCH3 is 2. The molecule has 4 nitrogen and oxygen atoms in total. The molecular weight excluding hydrogens is 242 g/mol. The van der Waals surface area contributed by atoms with Crippen molar-refractivity contribution in [1.82, 2.24) is 4.98 Å². The van der Waals surface area contributed by atoms with Gasteiger partial charge in [-0.25, -0.2) is 4.98 Å². The molecule has 0 bridgehead atoms. The van der Waals surface area contributed by atoms with Gasteiger partial charge in [0.05, 0.1) is 25.2 Å². The number of benzene rings is 1. The average molecular weight is 257 g/mol. The summed E-state index contributed by atoms with van der Waals surface area (Å²) in [4.78, 5) is 15.6. The maximum absolute atomic E-state index is 11.3. The van der Waals surface area contributed by atoms with E-state index in [9.17, 15) is 4.79 Å². The van der Waals surface area contributed by atoms with Crippen molar-refractivity contribution in [3.63, 3.8) is 0 Å². The van der Waals surface area contributed by atoms with E-state index in [2.05, 4.69) is 11.6 Å². The number of aryl methyl sites for hydroxylation is 1. The monoisotopic (exact) mass is 257 g/mol. The molecule has 1 aromatic heterocycles. The van der Waals surface area contributed by atoms with Gasteiger partial charge in [-0.05, 0) is 30.0 Å². The first-order valence-corrected chi connectivity index (χ1v) is 5.80. The first-order valence-electron chi connectivity index (χ1n) is 5.80. The average Bonchev–Trinajstić information content (AvgIpc) is 2.43. The van der Waals surface area contributed by atoms with E-state index in [1.807, 2.05) is 19.1 Å². The molecule has 0 fully saturated rings. The number of aldehydes is 1. The van der Waals surface area contributed by atoms with Crippen molar-refractivity contribution in [3.05, 3.63) is 35.5 Å². The molecule has 0 aliphatic heterocycles. The van der Waals surface area contributed by atoms with Crippen molar-refractivity contribution in [3.8, 4) is 11.6 Å². The normalized spacial score (nSPS) is 10.3. The molecule has 0 N–H and O–H groups in total. The summed E-state index contributed by atoms with van der Waals surface area (Å²) in [6, 6.07) is 3.80. The van der Waals surface area contributed by atoms with Crippen LogP contribution < -0.4 is 9.47 Å². The molecule has 0 atom stereocenters. The number of rotatable bonds is 4. The van der Waals surface area contributed by atoms with E-state index < -0.39 is 0 Å².